The number of ether oxygens (including phenoxy) is 1. The van der Waals surface area contributed by atoms with Gasteiger partial charge in [-0.15, -0.1) is 0 Å². The van der Waals surface area contributed by atoms with Gasteiger partial charge in [0.15, 0.2) is 0 Å². The molecule has 1 heterocycles. The van der Waals surface area contributed by atoms with Crippen LogP contribution in [0, 0.1) is 12.7 Å². The van der Waals surface area contributed by atoms with E-state index in [1.807, 2.05) is 44.2 Å². The monoisotopic (exact) mass is 399 g/mol. The van der Waals surface area contributed by atoms with Gasteiger partial charge in [-0.05, 0) is 50.5 Å². The Morgan fingerprint density at radius 2 is 1.90 bits per heavy atom. The molecule has 0 unspecified atom stereocenters. The second kappa shape index (κ2) is 9.74. The molecule has 0 aromatic heterocycles. The van der Waals surface area contributed by atoms with Gasteiger partial charge in [-0.25, -0.2) is 9.18 Å². The van der Waals surface area contributed by atoms with Crippen molar-refractivity contribution in [2.45, 2.75) is 45.3 Å². The molecule has 3 rings (SSSR count). The van der Waals surface area contributed by atoms with Gasteiger partial charge in [0.05, 0.1) is 13.2 Å². The molecule has 6 heteroatoms. The van der Waals surface area contributed by atoms with Gasteiger partial charge in [0.2, 0.25) is 0 Å². The van der Waals surface area contributed by atoms with Crippen LogP contribution in [0.5, 0.6) is 5.75 Å². The van der Waals surface area contributed by atoms with Crippen molar-refractivity contribution < 1.29 is 13.9 Å². The van der Waals surface area contributed by atoms with Crippen molar-refractivity contribution in [3.8, 4) is 5.75 Å². The van der Waals surface area contributed by atoms with E-state index in [1.54, 1.807) is 7.11 Å². The molecule has 5 nitrogen and oxygen atoms in total. The standard InChI is InChI=1S/C23H30FN3O2/c1-16-4-9-22(29-3)21(14-16)17(2)25-23(28)26-20-10-12-27(13-11-20)15-18-5-7-19(24)8-6-18/h4-9,14,17,20H,10-13,15H2,1-3H3,(H2,25,26,28)/t17-/m0/s1. The van der Waals surface area contributed by atoms with Crippen molar-refractivity contribution in [3.05, 3.63) is 65.0 Å². The second-order valence-electron chi connectivity index (χ2n) is 7.76. The average molecular weight is 400 g/mol. The molecule has 29 heavy (non-hydrogen) atoms. The Morgan fingerprint density at radius 1 is 1.21 bits per heavy atom. The lowest BCUT2D eigenvalue weighted by Gasteiger charge is -2.32. The van der Waals surface area contributed by atoms with Crippen LogP contribution in [-0.2, 0) is 6.54 Å². The molecular formula is C23H30FN3O2. The summed E-state index contributed by atoms with van der Waals surface area (Å²) in [5.41, 5.74) is 3.21. The molecule has 0 radical (unpaired) electrons. The number of likely N-dealkylation sites (tertiary alicyclic amines) is 1. The first-order valence-electron chi connectivity index (χ1n) is 10.1. The van der Waals surface area contributed by atoms with Crippen molar-refractivity contribution >= 4 is 6.03 Å². The molecule has 2 aromatic carbocycles. The van der Waals surface area contributed by atoms with Crippen LogP contribution in [0.1, 0.15) is 42.5 Å². The van der Waals surface area contributed by atoms with Crippen LogP contribution in [0.25, 0.3) is 0 Å². The topological polar surface area (TPSA) is 53.6 Å². The van der Waals surface area contributed by atoms with E-state index in [2.05, 4.69) is 15.5 Å². The molecular weight excluding hydrogens is 369 g/mol. The van der Waals surface area contributed by atoms with Gasteiger partial charge in [0.1, 0.15) is 11.6 Å². The number of halogens is 1. The summed E-state index contributed by atoms with van der Waals surface area (Å²) in [6.45, 7) is 6.61. The maximum atomic E-state index is 13.0. The average Bonchev–Trinajstić information content (AvgIpc) is 2.71. The Hall–Kier alpha value is -2.60. The number of carbonyl (C=O) groups excluding carboxylic acids is 1. The normalized spacial score (nSPS) is 16.3. The molecule has 1 aliphatic heterocycles. The van der Waals surface area contributed by atoms with E-state index >= 15 is 0 Å². The summed E-state index contributed by atoms with van der Waals surface area (Å²) in [6.07, 6.45) is 1.80. The third kappa shape index (κ3) is 5.94. The highest BCUT2D eigenvalue weighted by Gasteiger charge is 2.22. The van der Waals surface area contributed by atoms with Gasteiger partial charge in [-0.2, -0.15) is 0 Å². The molecule has 2 aromatic rings. The van der Waals surface area contributed by atoms with Crippen molar-refractivity contribution in [1.29, 1.82) is 0 Å². The number of piperidine rings is 1. The molecule has 1 atom stereocenters. The molecule has 2 N–H and O–H groups in total. The lowest BCUT2D eigenvalue weighted by molar-refractivity contribution is 0.186. The number of rotatable bonds is 6. The molecule has 0 bridgehead atoms. The summed E-state index contributed by atoms with van der Waals surface area (Å²) in [5, 5.41) is 6.12. The number of hydrogen-bond acceptors (Lipinski definition) is 3. The zero-order chi connectivity index (χ0) is 20.8. The maximum absolute atomic E-state index is 13.0. The van der Waals surface area contributed by atoms with Crippen LogP contribution in [0.4, 0.5) is 9.18 Å². The lowest BCUT2D eigenvalue weighted by Crippen LogP contribution is -2.48. The number of urea groups is 1. The summed E-state index contributed by atoms with van der Waals surface area (Å²) in [7, 11) is 1.64. The van der Waals surface area contributed by atoms with Crippen molar-refractivity contribution in [3.63, 3.8) is 0 Å². The maximum Gasteiger partial charge on any atom is 0.315 e. The Labute approximate surface area is 172 Å². The zero-order valence-electron chi connectivity index (χ0n) is 17.4. The first-order valence-corrected chi connectivity index (χ1v) is 10.1. The van der Waals surface area contributed by atoms with Crippen LogP contribution in [-0.4, -0.2) is 37.2 Å². The fourth-order valence-electron chi connectivity index (χ4n) is 3.78. The van der Waals surface area contributed by atoms with E-state index in [9.17, 15) is 9.18 Å². The zero-order valence-corrected chi connectivity index (χ0v) is 17.4. The molecule has 156 valence electrons. The smallest absolute Gasteiger partial charge is 0.315 e. The highest BCUT2D eigenvalue weighted by Crippen LogP contribution is 2.26. The summed E-state index contributed by atoms with van der Waals surface area (Å²) in [6, 6.07) is 12.5. The molecule has 0 spiro atoms. The molecule has 1 saturated heterocycles. The third-order valence-electron chi connectivity index (χ3n) is 5.44. The van der Waals surface area contributed by atoms with E-state index in [-0.39, 0.29) is 23.9 Å². The Bertz CT molecular complexity index is 817. The molecule has 0 aliphatic carbocycles. The quantitative estimate of drug-likeness (QED) is 0.767. The highest BCUT2D eigenvalue weighted by atomic mass is 19.1. The predicted molar refractivity (Wildman–Crippen MR) is 113 cm³/mol. The largest absolute Gasteiger partial charge is 0.496 e. The summed E-state index contributed by atoms with van der Waals surface area (Å²) < 4.78 is 18.5. The Kier molecular flexibility index (Phi) is 7.09. The minimum absolute atomic E-state index is 0.150. The van der Waals surface area contributed by atoms with Crippen LogP contribution in [0.3, 0.4) is 0 Å². The number of benzene rings is 2. The first kappa shape index (κ1) is 21.1. The van der Waals surface area contributed by atoms with E-state index in [0.29, 0.717) is 0 Å². The van der Waals surface area contributed by atoms with Crippen LogP contribution in [0.15, 0.2) is 42.5 Å². The van der Waals surface area contributed by atoms with Gasteiger partial charge in [-0.3, -0.25) is 4.90 Å². The third-order valence-corrected chi connectivity index (χ3v) is 5.44. The molecule has 1 fully saturated rings. The lowest BCUT2D eigenvalue weighted by atomic mass is 10.0. The minimum atomic E-state index is -0.208. The number of carbonyl (C=O) groups is 1. The van der Waals surface area contributed by atoms with E-state index < -0.39 is 0 Å². The first-order chi connectivity index (χ1) is 13.9. The number of nitrogens with zero attached hydrogens (tertiary/aromatic N) is 1. The molecule has 1 aliphatic rings. The predicted octanol–water partition coefficient (Wildman–Crippen LogP) is 4.17. The van der Waals surface area contributed by atoms with E-state index in [4.69, 9.17) is 4.74 Å². The Balaban J connectivity index is 1.46. The van der Waals surface area contributed by atoms with Crippen molar-refractivity contribution in [1.82, 2.24) is 15.5 Å². The van der Waals surface area contributed by atoms with Crippen LogP contribution in [0.2, 0.25) is 0 Å². The second-order valence-corrected chi connectivity index (χ2v) is 7.76. The van der Waals surface area contributed by atoms with Gasteiger partial charge in [-0.1, -0.05) is 29.8 Å². The number of methoxy groups -OCH3 is 1. The van der Waals surface area contributed by atoms with E-state index in [0.717, 1.165) is 54.9 Å². The summed E-state index contributed by atoms with van der Waals surface area (Å²) in [4.78, 5) is 14.8. The number of amides is 2. The van der Waals surface area contributed by atoms with Gasteiger partial charge < -0.3 is 15.4 Å². The number of hydrogen-bond donors (Lipinski definition) is 2. The molecule has 0 saturated carbocycles. The van der Waals surface area contributed by atoms with Crippen molar-refractivity contribution in [2.75, 3.05) is 20.2 Å². The van der Waals surface area contributed by atoms with Gasteiger partial charge >= 0.3 is 6.03 Å². The van der Waals surface area contributed by atoms with Crippen molar-refractivity contribution in [2.24, 2.45) is 0 Å². The fraction of sp³-hybridized carbons (Fsp3) is 0.435. The summed E-state index contributed by atoms with van der Waals surface area (Å²) in [5.74, 6) is 0.567. The number of nitrogens with one attached hydrogen (secondary N) is 2. The SMILES string of the molecule is COc1ccc(C)cc1[C@H](C)NC(=O)NC1CCN(Cc2ccc(F)cc2)CC1. The Morgan fingerprint density at radius 3 is 2.55 bits per heavy atom. The van der Waals surface area contributed by atoms with Crippen LogP contribution < -0.4 is 15.4 Å². The summed E-state index contributed by atoms with van der Waals surface area (Å²) >= 11 is 0. The van der Waals surface area contributed by atoms with E-state index in [1.165, 1.54) is 12.1 Å². The fourth-order valence-corrected chi connectivity index (χ4v) is 3.78. The number of aryl methyl sites for hydroxylation is 1. The molecule has 2 amide bonds. The highest BCUT2D eigenvalue weighted by molar-refractivity contribution is 5.75. The van der Waals surface area contributed by atoms with Gasteiger partial charge in [0, 0.05) is 31.2 Å². The minimum Gasteiger partial charge on any atom is -0.496 e. The van der Waals surface area contributed by atoms with Crippen LogP contribution >= 0.6 is 0 Å². The van der Waals surface area contributed by atoms with Gasteiger partial charge in [0.25, 0.3) is 0 Å².